The first-order chi connectivity index (χ1) is 10.8. The third-order valence-corrected chi connectivity index (χ3v) is 4.63. The Bertz CT molecular complexity index is 872. The van der Waals surface area contributed by atoms with Crippen LogP contribution in [0.2, 0.25) is 0 Å². The van der Waals surface area contributed by atoms with E-state index in [1.165, 1.54) is 11.3 Å². The molecule has 0 bridgehead atoms. The van der Waals surface area contributed by atoms with Gasteiger partial charge in [0.25, 0.3) is 5.91 Å². The Morgan fingerprint density at radius 2 is 1.91 bits per heavy atom. The van der Waals surface area contributed by atoms with Crippen LogP contribution in [0, 0.1) is 6.92 Å². The maximum absolute atomic E-state index is 11.6. The van der Waals surface area contributed by atoms with Gasteiger partial charge in [0, 0.05) is 16.8 Å². The topological polar surface area (TPSA) is 72.4 Å². The van der Waals surface area contributed by atoms with Crippen LogP contribution in [0.15, 0.2) is 30.3 Å². The van der Waals surface area contributed by atoms with Crippen LogP contribution in [0.1, 0.15) is 36.1 Å². The van der Waals surface area contributed by atoms with Gasteiger partial charge >= 0.3 is 0 Å². The van der Waals surface area contributed by atoms with E-state index < -0.39 is 5.91 Å². The molecule has 0 aliphatic heterocycles. The maximum Gasteiger partial charge on any atom is 0.260 e. The second-order valence-electron chi connectivity index (χ2n) is 6.55. The third-order valence-electron chi connectivity index (χ3n) is 3.47. The number of anilines is 1. The molecule has 0 spiro atoms. The number of nitrogens with zero attached hydrogens (tertiary/aromatic N) is 2. The number of primary amides is 1. The molecule has 0 aliphatic rings. The molecule has 0 fully saturated rings. The Kier molecular flexibility index (Phi) is 3.64. The SMILES string of the molecule is Cc1c(C(N)=O)sc2nc(-c3ccccc3)c(NC(C)(C)C)n12. The van der Waals surface area contributed by atoms with Gasteiger partial charge in [0.05, 0.1) is 0 Å². The predicted octanol–water partition coefficient (Wildman–Crippen LogP) is 3.68. The van der Waals surface area contributed by atoms with Crippen molar-refractivity contribution in [3.8, 4) is 11.3 Å². The fourth-order valence-electron chi connectivity index (χ4n) is 2.54. The highest BCUT2D eigenvalue weighted by Gasteiger charge is 2.24. The zero-order chi connectivity index (χ0) is 16.8. The van der Waals surface area contributed by atoms with Gasteiger partial charge in [-0.15, -0.1) is 0 Å². The maximum atomic E-state index is 11.6. The van der Waals surface area contributed by atoms with E-state index in [2.05, 4.69) is 26.1 Å². The van der Waals surface area contributed by atoms with E-state index in [-0.39, 0.29) is 5.54 Å². The molecular formula is C17H20N4OS. The van der Waals surface area contributed by atoms with Crippen molar-refractivity contribution in [3.05, 3.63) is 40.9 Å². The quantitative estimate of drug-likeness (QED) is 0.770. The number of fused-ring (bicyclic) bond motifs is 1. The number of rotatable bonds is 3. The average molecular weight is 328 g/mol. The van der Waals surface area contributed by atoms with Gasteiger partial charge in [-0.2, -0.15) is 0 Å². The summed E-state index contributed by atoms with van der Waals surface area (Å²) in [6.07, 6.45) is 0. The van der Waals surface area contributed by atoms with E-state index in [1.54, 1.807) is 0 Å². The average Bonchev–Trinajstić information content (AvgIpc) is 2.97. The van der Waals surface area contributed by atoms with Crippen LogP contribution >= 0.6 is 11.3 Å². The molecule has 2 aromatic heterocycles. The summed E-state index contributed by atoms with van der Waals surface area (Å²) in [5.41, 5.74) is 8.07. The lowest BCUT2D eigenvalue weighted by molar-refractivity contribution is 0.100. The fourth-order valence-corrected chi connectivity index (χ4v) is 3.52. The van der Waals surface area contributed by atoms with Crippen LogP contribution in [-0.2, 0) is 0 Å². The van der Waals surface area contributed by atoms with Crippen LogP contribution < -0.4 is 11.1 Å². The predicted molar refractivity (Wildman–Crippen MR) is 95.1 cm³/mol. The number of aryl methyl sites for hydroxylation is 1. The van der Waals surface area contributed by atoms with Gasteiger partial charge in [-0.3, -0.25) is 9.20 Å². The van der Waals surface area contributed by atoms with E-state index in [0.29, 0.717) is 4.88 Å². The highest BCUT2D eigenvalue weighted by molar-refractivity contribution is 7.19. The van der Waals surface area contributed by atoms with Crippen molar-refractivity contribution >= 4 is 28.0 Å². The molecule has 5 nitrogen and oxygen atoms in total. The molecule has 1 amide bonds. The van der Waals surface area contributed by atoms with Crippen LogP contribution in [0.3, 0.4) is 0 Å². The summed E-state index contributed by atoms with van der Waals surface area (Å²) < 4.78 is 1.98. The summed E-state index contributed by atoms with van der Waals surface area (Å²) in [5, 5.41) is 3.52. The number of aromatic nitrogens is 2. The molecular weight excluding hydrogens is 308 g/mol. The molecule has 120 valence electrons. The van der Waals surface area contributed by atoms with Crippen LogP contribution in [-0.4, -0.2) is 20.8 Å². The molecule has 6 heteroatoms. The van der Waals surface area contributed by atoms with Gasteiger partial charge < -0.3 is 11.1 Å². The minimum Gasteiger partial charge on any atom is -0.365 e. The molecule has 0 aliphatic carbocycles. The summed E-state index contributed by atoms with van der Waals surface area (Å²) in [6.45, 7) is 8.18. The van der Waals surface area contributed by atoms with Crippen LogP contribution in [0.5, 0.6) is 0 Å². The highest BCUT2D eigenvalue weighted by atomic mass is 32.1. The first-order valence-electron chi connectivity index (χ1n) is 7.43. The van der Waals surface area contributed by atoms with Gasteiger partial charge in [-0.05, 0) is 27.7 Å². The summed E-state index contributed by atoms with van der Waals surface area (Å²) in [4.78, 5) is 17.7. The molecule has 1 aromatic carbocycles. The molecule has 0 saturated heterocycles. The van der Waals surface area contributed by atoms with Gasteiger partial charge in [0.15, 0.2) is 4.96 Å². The summed E-state index contributed by atoms with van der Waals surface area (Å²) in [6, 6.07) is 10.0. The van der Waals surface area contributed by atoms with Crippen molar-refractivity contribution in [1.29, 1.82) is 0 Å². The van der Waals surface area contributed by atoms with E-state index in [0.717, 1.165) is 27.7 Å². The van der Waals surface area contributed by atoms with Crippen LogP contribution in [0.25, 0.3) is 16.2 Å². The van der Waals surface area contributed by atoms with Crippen molar-refractivity contribution in [2.24, 2.45) is 5.73 Å². The number of hydrogen-bond donors (Lipinski definition) is 2. The lowest BCUT2D eigenvalue weighted by Crippen LogP contribution is -2.27. The zero-order valence-corrected chi connectivity index (χ0v) is 14.5. The first-order valence-corrected chi connectivity index (χ1v) is 8.25. The number of nitrogens with two attached hydrogens (primary N) is 1. The second-order valence-corrected chi connectivity index (χ2v) is 7.53. The van der Waals surface area contributed by atoms with E-state index in [9.17, 15) is 4.79 Å². The van der Waals surface area contributed by atoms with Gasteiger partial charge in [-0.1, -0.05) is 41.7 Å². The summed E-state index contributed by atoms with van der Waals surface area (Å²) in [7, 11) is 0. The number of hydrogen-bond acceptors (Lipinski definition) is 4. The normalized spacial score (nSPS) is 11.8. The van der Waals surface area contributed by atoms with Gasteiger partial charge in [0.2, 0.25) is 0 Å². The second kappa shape index (κ2) is 5.38. The smallest absolute Gasteiger partial charge is 0.260 e. The third kappa shape index (κ3) is 2.82. The van der Waals surface area contributed by atoms with Gasteiger partial charge in [0.1, 0.15) is 16.4 Å². The van der Waals surface area contributed by atoms with Crippen molar-refractivity contribution in [3.63, 3.8) is 0 Å². The van der Waals surface area contributed by atoms with Crippen molar-refractivity contribution in [2.45, 2.75) is 33.2 Å². The Morgan fingerprint density at radius 3 is 2.48 bits per heavy atom. The zero-order valence-electron chi connectivity index (χ0n) is 13.7. The van der Waals surface area contributed by atoms with Crippen molar-refractivity contribution in [2.75, 3.05) is 5.32 Å². The number of carbonyl (C=O) groups excluding carboxylic acids is 1. The number of imidazole rings is 1. The number of nitrogens with one attached hydrogen (secondary N) is 1. The lowest BCUT2D eigenvalue weighted by atomic mass is 10.1. The highest BCUT2D eigenvalue weighted by Crippen LogP contribution is 2.35. The van der Waals surface area contributed by atoms with Gasteiger partial charge in [-0.25, -0.2) is 4.98 Å². The molecule has 0 atom stereocenters. The minimum absolute atomic E-state index is 0.138. The number of amides is 1. The van der Waals surface area contributed by atoms with Crippen molar-refractivity contribution in [1.82, 2.24) is 9.38 Å². The number of benzene rings is 1. The molecule has 23 heavy (non-hydrogen) atoms. The molecule has 0 unspecified atom stereocenters. The van der Waals surface area contributed by atoms with Crippen LogP contribution in [0.4, 0.5) is 5.82 Å². The van der Waals surface area contributed by atoms with E-state index >= 15 is 0 Å². The lowest BCUT2D eigenvalue weighted by Gasteiger charge is -2.22. The molecule has 3 rings (SSSR count). The largest absolute Gasteiger partial charge is 0.365 e. The Hall–Kier alpha value is -2.34. The number of carbonyl (C=O) groups is 1. The first kappa shape index (κ1) is 15.6. The Balaban J connectivity index is 2.29. The Morgan fingerprint density at radius 1 is 1.26 bits per heavy atom. The van der Waals surface area contributed by atoms with E-state index in [1.807, 2.05) is 41.7 Å². The molecule has 0 saturated carbocycles. The van der Waals surface area contributed by atoms with Crippen molar-refractivity contribution < 1.29 is 4.79 Å². The monoisotopic (exact) mass is 328 g/mol. The molecule has 3 aromatic rings. The minimum atomic E-state index is -0.416. The standard InChI is InChI=1S/C17H20N4OS/c1-10-13(14(18)22)23-16-19-12(11-8-6-5-7-9-11)15(21(10)16)20-17(2,3)4/h5-9,20H,1-4H3,(H2,18,22). The fraction of sp³-hybridized carbons (Fsp3) is 0.294. The molecule has 0 radical (unpaired) electrons. The molecule has 2 heterocycles. The van der Waals surface area contributed by atoms with E-state index in [4.69, 9.17) is 10.7 Å². The number of thiazole rings is 1. The molecule has 3 N–H and O–H groups in total. The Labute approximate surface area is 139 Å². The summed E-state index contributed by atoms with van der Waals surface area (Å²) >= 11 is 1.32. The summed E-state index contributed by atoms with van der Waals surface area (Å²) in [5.74, 6) is 0.473.